The van der Waals surface area contributed by atoms with E-state index >= 15 is 0 Å². The summed E-state index contributed by atoms with van der Waals surface area (Å²) in [6.45, 7) is 3.04. The van der Waals surface area contributed by atoms with Crippen molar-refractivity contribution in [3.63, 3.8) is 0 Å². The quantitative estimate of drug-likeness (QED) is 0.672. The second kappa shape index (κ2) is 9.23. The molecular formula is C22H26N4O3. The third-order valence-electron chi connectivity index (χ3n) is 5.08. The van der Waals surface area contributed by atoms with Crippen molar-refractivity contribution in [2.75, 3.05) is 11.4 Å². The highest BCUT2D eigenvalue weighted by atomic mass is 16.2. The van der Waals surface area contributed by atoms with E-state index in [4.69, 9.17) is 5.73 Å². The van der Waals surface area contributed by atoms with Crippen molar-refractivity contribution in [1.82, 2.24) is 10.6 Å². The largest absolute Gasteiger partial charge is 0.352 e. The van der Waals surface area contributed by atoms with Gasteiger partial charge in [0.05, 0.1) is 12.5 Å². The second-order valence-corrected chi connectivity index (χ2v) is 7.21. The second-order valence-electron chi connectivity index (χ2n) is 7.21. The maximum absolute atomic E-state index is 12.5. The van der Waals surface area contributed by atoms with E-state index in [9.17, 15) is 14.4 Å². The average Bonchev–Trinajstić information content (AvgIpc) is 3.12. The topological polar surface area (TPSA) is 105 Å². The molecule has 152 valence electrons. The zero-order chi connectivity index (χ0) is 20.8. The molecule has 0 aliphatic carbocycles. The number of aryl methyl sites for hydroxylation is 1. The molecule has 0 aromatic heterocycles. The molecule has 7 nitrogen and oxygen atoms in total. The monoisotopic (exact) mass is 394 g/mol. The molecule has 1 saturated heterocycles. The van der Waals surface area contributed by atoms with Crippen molar-refractivity contribution in [3.05, 3.63) is 65.2 Å². The van der Waals surface area contributed by atoms with Gasteiger partial charge in [0.2, 0.25) is 11.8 Å². The maximum Gasteiger partial charge on any atom is 0.312 e. The van der Waals surface area contributed by atoms with Crippen LogP contribution in [-0.2, 0) is 16.1 Å². The molecule has 4 amide bonds. The van der Waals surface area contributed by atoms with Crippen LogP contribution in [0.4, 0.5) is 10.5 Å². The van der Waals surface area contributed by atoms with Crippen molar-refractivity contribution in [1.29, 1.82) is 0 Å². The highest BCUT2D eigenvalue weighted by molar-refractivity contribution is 5.95. The Bertz CT molecular complexity index is 895. The van der Waals surface area contributed by atoms with Crippen LogP contribution in [0.5, 0.6) is 0 Å². The van der Waals surface area contributed by atoms with Crippen LogP contribution in [0.1, 0.15) is 42.0 Å². The van der Waals surface area contributed by atoms with Crippen LogP contribution < -0.4 is 21.3 Å². The first-order chi connectivity index (χ1) is 13.9. The fourth-order valence-electron chi connectivity index (χ4n) is 3.56. The minimum Gasteiger partial charge on any atom is -0.352 e. The smallest absolute Gasteiger partial charge is 0.312 e. The Morgan fingerprint density at radius 3 is 2.48 bits per heavy atom. The number of benzene rings is 2. The number of urea groups is 1. The first-order valence-electron chi connectivity index (χ1n) is 9.71. The van der Waals surface area contributed by atoms with Gasteiger partial charge in [0.25, 0.3) is 0 Å². The molecule has 1 heterocycles. The molecule has 1 unspecified atom stereocenters. The summed E-state index contributed by atoms with van der Waals surface area (Å²) in [6.07, 6.45) is 1.57. The fourth-order valence-corrected chi connectivity index (χ4v) is 3.56. The van der Waals surface area contributed by atoms with Crippen molar-refractivity contribution >= 4 is 23.5 Å². The number of nitrogens with two attached hydrogens (primary N) is 1. The van der Waals surface area contributed by atoms with Gasteiger partial charge < -0.3 is 21.3 Å². The van der Waals surface area contributed by atoms with Gasteiger partial charge in [-0.2, -0.15) is 0 Å². The van der Waals surface area contributed by atoms with Crippen LogP contribution >= 0.6 is 0 Å². The van der Waals surface area contributed by atoms with E-state index in [-0.39, 0.29) is 18.2 Å². The molecule has 0 saturated carbocycles. The normalized spacial score (nSPS) is 14.5. The van der Waals surface area contributed by atoms with Gasteiger partial charge in [0.1, 0.15) is 0 Å². The Hall–Kier alpha value is -3.35. The molecular weight excluding hydrogens is 368 g/mol. The number of rotatable bonds is 7. The molecule has 29 heavy (non-hydrogen) atoms. The van der Waals surface area contributed by atoms with Crippen LogP contribution in [0.2, 0.25) is 0 Å². The van der Waals surface area contributed by atoms with Gasteiger partial charge in [-0.1, -0.05) is 36.4 Å². The van der Waals surface area contributed by atoms with E-state index in [0.717, 1.165) is 35.3 Å². The summed E-state index contributed by atoms with van der Waals surface area (Å²) in [5.74, 6) is -0.0407. The summed E-state index contributed by atoms with van der Waals surface area (Å²) in [7, 11) is 0. The van der Waals surface area contributed by atoms with Crippen molar-refractivity contribution in [2.45, 2.75) is 38.8 Å². The molecule has 2 aromatic carbocycles. The third kappa shape index (κ3) is 5.34. The number of carbonyl (C=O) groups excluding carboxylic acids is 3. The van der Waals surface area contributed by atoms with E-state index in [2.05, 4.69) is 10.6 Å². The Balaban J connectivity index is 1.58. The SMILES string of the molecule is Cc1ccccc1C(CC(=O)NCc1ccc(N2CCCC2=O)cc1)NC(N)=O. The van der Waals surface area contributed by atoms with Gasteiger partial charge in [-0.3, -0.25) is 9.59 Å². The van der Waals surface area contributed by atoms with E-state index in [1.165, 1.54) is 0 Å². The first-order valence-corrected chi connectivity index (χ1v) is 9.71. The first kappa shape index (κ1) is 20.4. The number of hydrogen-bond donors (Lipinski definition) is 3. The number of amides is 4. The van der Waals surface area contributed by atoms with E-state index < -0.39 is 12.1 Å². The summed E-state index contributed by atoms with van der Waals surface area (Å²) < 4.78 is 0. The highest BCUT2D eigenvalue weighted by Crippen LogP contribution is 2.22. The van der Waals surface area contributed by atoms with Crippen LogP contribution in [0, 0.1) is 6.92 Å². The summed E-state index contributed by atoms with van der Waals surface area (Å²) in [5.41, 5.74) is 8.94. The minimum atomic E-state index is -0.668. The number of nitrogens with zero attached hydrogens (tertiary/aromatic N) is 1. The van der Waals surface area contributed by atoms with Crippen LogP contribution in [0.3, 0.4) is 0 Å². The number of carbonyl (C=O) groups is 3. The van der Waals surface area contributed by atoms with E-state index in [0.29, 0.717) is 13.0 Å². The number of primary amides is 1. The van der Waals surface area contributed by atoms with Crippen LogP contribution in [-0.4, -0.2) is 24.4 Å². The molecule has 0 spiro atoms. The van der Waals surface area contributed by atoms with Gasteiger partial charge in [0, 0.05) is 25.2 Å². The molecule has 2 aromatic rings. The molecule has 1 atom stereocenters. The van der Waals surface area contributed by atoms with Crippen molar-refractivity contribution in [2.24, 2.45) is 5.73 Å². The summed E-state index contributed by atoms with van der Waals surface area (Å²) >= 11 is 0. The molecule has 1 aliphatic rings. The predicted octanol–water partition coefficient (Wildman–Crippen LogP) is 2.54. The summed E-state index contributed by atoms with van der Waals surface area (Å²) in [6, 6.07) is 14.0. The van der Waals surface area contributed by atoms with Gasteiger partial charge in [-0.25, -0.2) is 4.79 Å². The van der Waals surface area contributed by atoms with Crippen LogP contribution in [0.25, 0.3) is 0 Å². The zero-order valence-electron chi connectivity index (χ0n) is 16.5. The standard InChI is InChI=1S/C22H26N4O3/c1-15-5-2-3-6-18(15)19(25-22(23)29)13-20(27)24-14-16-8-10-17(11-9-16)26-12-4-7-21(26)28/h2-3,5-6,8-11,19H,4,7,12-14H2,1H3,(H,24,27)(H3,23,25,29). The Morgan fingerprint density at radius 1 is 1.14 bits per heavy atom. The van der Waals surface area contributed by atoms with Gasteiger partial charge in [-0.15, -0.1) is 0 Å². The zero-order valence-corrected chi connectivity index (χ0v) is 16.5. The molecule has 7 heteroatoms. The van der Waals surface area contributed by atoms with Crippen LogP contribution in [0.15, 0.2) is 48.5 Å². The highest BCUT2D eigenvalue weighted by Gasteiger charge is 2.21. The Kier molecular flexibility index (Phi) is 6.49. The van der Waals surface area contributed by atoms with Crippen molar-refractivity contribution in [3.8, 4) is 0 Å². The fraction of sp³-hybridized carbons (Fsp3) is 0.318. The van der Waals surface area contributed by atoms with Gasteiger partial charge in [-0.05, 0) is 42.2 Å². The van der Waals surface area contributed by atoms with E-state index in [1.807, 2.05) is 55.5 Å². The molecule has 1 fully saturated rings. The Morgan fingerprint density at radius 2 is 1.86 bits per heavy atom. The van der Waals surface area contributed by atoms with E-state index in [1.54, 1.807) is 4.90 Å². The molecule has 0 bridgehead atoms. The minimum absolute atomic E-state index is 0.0914. The number of nitrogens with one attached hydrogen (secondary N) is 2. The summed E-state index contributed by atoms with van der Waals surface area (Å²) in [5, 5.41) is 5.53. The lowest BCUT2D eigenvalue weighted by atomic mass is 9.98. The van der Waals surface area contributed by atoms with Crippen molar-refractivity contribution < 1.29 is 14.4 Å². The number of hydrogen-bond acceptors (Lipinski definition) is 3. The van der Waals surface area contributed by atoms with Gasteiger partial charge >= 0.3 is 6.03 Å². The predicted molar refractivity (Wildman–Crippen MR) is 111 cm³/mol. The third-order valence-corrected chi connectivity index (χ3v) is 5.08. The molecule has 1 aliphatic heterocycles. The molecule has 3 rings (SSSR count). The molecule has 0 radical (unpaired) electrons. The maximum atomic E-state index is 12.5. The average molecular weight is 394 g/mol. The lowest BCUT2D eigenvalue weighted by molar-refractivity contribution is -0.121. The Labute approximate surface area is 170 Å². The molecule has 4 N–H and O–H groups in total. The lowest BCUT2D eigenvalue weighted by Crippen LogP contribution is -2.36. The number of anilines is 1. The lowest BCUT2D eigenvalue weighted by Gasteiger charge is -2.20. The summed E-state index contributed by atoms with van der Waals surface area (Å²) in [4.78, 5) is 37.4. The van der Waals surface area contributed by atoms with Gasteiger partial charge in [0.15, 0.2) is 0 Å².